The van der Waals surface area contributed by atoms with Crippen molar-refractivity contribution in [2.45, 2.75) is 26.3 Å². The Kier molecular flexibility index (Phi) is 4.62. The van der Waals surface area contributed by atoms with E-state index < -0.39 is 16.0 Å². The lowest BCUT2D eigenvalue weighted by atomic mass is 10.0. The highest BCUT2D eigenvalue weighted by molar-refractivity contribution is 7.90. The van der Waals surface area contributed by atoms with Crippen molar-refractivity contribution in [1.29, 1.82) is 0 Å². The zero-order chi connectivity index (χ0) is 14.8. The van der Waals surface area contributed by atoms with E-state index in [4.69, 9.17) is 5.73 Å². The largest absolute Gasteiger partial charge is 0.326 e. The van der Waals surface area contributed by atoms with Gasteiger partial charge in [0, 0.05) is 25.2 Å². The third-order valence-electron chi connectivity index (χ3n) is 3.52. The van der Waals surface area contributed by atoms with Gasteiger partial charge in [-0.15, -0.1) is 0 Å². The van der Waals surface area contributed by atoms with Crippen LogP contribution in [-0.4, -0.2) is 25.8 Å². The van der Waals surface area contributed by atoms with Crippen LogP contribution in [0.15, 0.2) is 18.2 Å². The minimum absolute atomic E-state index is 0.0546. The van der Waals surface area contributed by atoms with Crippen molar-refractivity contribution < 1.29 is 12.8 Å². The molecule has 0 amide bonds. The Labute approximate surface area is 119 Å². The molecule has 0 spiro atoms. The number of benzene rings is 1. The van der Waals surface area contributed by atoms with Gasteiger partial charge in [-0.3, -0.25) is 4.72 Å². The van der Waals surface area contributed by atoms with Gasteiger partial charge in [0.05, 0.1) is 5.69 Å². The number of nitrogens with two attached hydrogens (primary N) is 1. The van der Waals surface area contributed by atoms with Crippen molar-refractivity contribution in [3.05, 3.63) is 29.6 Å². The molecule has 1 aliphatic heterocycles. The average Bonchev–Trinajstić information content (AvgIpc) is 2.38. The first-order valence-corrected chi connectivity index (χ1v) is 8.13. The van der Waals surface area contributed by atoms with E-state index in [1.807, 2.05) is 6.92 Å². The van der Waals surface area contributed by atoms with Crippen molar-refractivity contribution >= 4 is 15.9 Å². The van der Waals surface area contributed by atoms with Crippen LogP contribution in [0.5, 0.6) is 0 Å². The standard InChI is InChI=1S/C13H20FN3O2S/c1-10-4-3-7-17(9-10)20(18,19)16-13-6-2-5-12(14)11(13)8-15/h2,5-6,10,16H,3-4,7-9,15H2,1H3. The number of rotatable bonds is 4. The molecule has 1 aromatic rings. The Bertz CT molecular complexity index is 577. The van der Waals surface area contributed by atoms with E-state index in [1.165, 1.54) is 22.5 Å². The highest BCUT2D eigenvalue weighted by atomic mass is 32.2. The number of nitrogens with zero attached hydrogens (tertiary/aromatic N) is 1. The molecule has 0 radical (unpaired) electrons. The molecule has 5 nitrogen and oxygen atoms in total. The van der Waals surface area contributed by atoms with E-state index in [0.717, 1.165) is 12.8 Å². The smallest absolute Gasteiger partial charge is 0.301 e. The minimum Gasteiger partial charge on any atom is -0.326 e. The molecule has 20 heavy (non-hydrogen) atoms. The second-order valence-electron chi connectivity index (χ2n) is 5.18. The fourth-order valence-corrected chi connectivity index (χ4v) is 3.85. The molecule has 1 unspecified atom stereocenters. The van der Waals surface area contributed by atoms with Crippen molar-refractivity contribution in [3.63, 3.8) is 0 Å². The van der Waals surface area contributed by atoms with Crippen LogP contribution < -0.4 is 10.5 Å². The normalized spacial score (nSPS) is 20.9. The maximum Gasteiger partial charge on any atom is 0.301 e. The Morgan fingerprint density at radius 1 is 1.50 bits per heavy atom. The molecule has 1 saturated heterocycles. The molecule has 2 rings (SSSR count). The molecule has 1 heterocycles. The molecule has 1 aromatic carbocycles. The topological polar surface area (TPSA) is 75.4 Å². The highest BCUT2D eigenvalue weighted by Crippen LogP contribution is 2.23. The van der Waals surface area contributed by atoms with E-state index in [2.05, 4.69) is 4.72 Å². The molecule has 0 aromatic heterocycles. The molecule has 3 N–H and O–H groups in total. The lowest BCUT2D eigenvalue weighted by Gasteiger charge is -2.30. The molecule has 112 valence electrons. The van der Waals surface area contributed by atoms with Crippen LogP contribution in [0.1, 0.15) is 25.3 Å². The summed E-state index contributed by atoms with van der Waals surface area (Å²) in [5.41, 5.74) is 5.88. The summed E-state index contributed by atoms with van der Waals surface area (Å²) < 4.78 is 42.1. The molecule has 0 saturated carbocycles. The third kappa shape index (κ3) is 3.28. The maximum absolute atomic E-state index is 13.6. The Morgan fingerprint density at radius 3 is 2.90 bits per heavy atom. The fraction of sp³-hybridized carbons (Fsp3) is 0.538. The SMILES string of the molecule is CC1CCCN(S(=O)(=O)Nc2cccc(F)c2CN)C1. The summed E-state index contributed by atoms with van der Waals surface area (Å²) >= 11 is 0. The second-order valence-corrected chi connectivity index (χ2v) is 6.85. The van der Waals surface area contributed by atoms with E-state index in [1.54, 1.807) is 0 Å². The summed E-state index contributed by atoms with van der Waals surface area (Å²) in [4.78, 5) is 0. The molecule has 1 fully saturated rings. The predicted molar refractivity (Wildman–Crippen MR) is 76.8 cm³/mol. The van der Waals surface area contributed by atoms with Crippen LogP contribution in [0.2, 0.25) is 0 Å². The average molecular weight is 301 g/mol. The Morgan fingerprint density at radius 2 is 2.25 bits per heavy atom. The van der Waals surface area contributed by atoms with E-state index in [0.29, 0.717) is 19.0 Å². The zero-order valence-corrected chi connectivity index (χ0v) is 12.3. The second kappa shape index (κ2) is 6.07. The van der Waals surface area contributed by atoms with Gasteiger partial charge in [-0.1, -0.05) is 13.0 Å². The van der Waals surface area contributed by atoms with Crippen molar-refractivity contribution in [2.24, 2.45) is 11.7 Å². The van der Waals surface area contributed by atoms with Crippen LogP contribution in [0.25, 0.3) is 0 Å². The fourth-order valence-electron chi connectivity index (χ4n) is 2.43. The first-order valence-electron chi connectivity index (χ1n) is 6.69. The molecule has 1 aliphatic rings. The maximum atomic E-state index is 13.6. The van der Waals surface area contributed by atoms with Gasteiger partial charge in [0.1, 0.15) is 5.82 Å². The quantitative estimate of drug-likeness (QED) is 0.888. The number of hydrogen-bond acceptors (Lipinski definition) is 3. The van der Waals surface area contributed by atoms with Crippen LogP contribution in [0.3, 0.4) is 0 Å². The summed E-state index contributed by atoms with van der Waals surface area (Å²) in [6.07, 6.45) is 1.87. The molecule has 0 bridgehead atoms. The van der Waals surface area contributed by atoms with Crippen LogP contribution in [0.4, 0.5) is 10.1 Å². The summed E-state index contributed by atoms with van der Waals surface area (Å²) in [6.45, 7) is 2.95. The van der Waals surface area contributed by atoms with Crippen molar-refractivity contribution in [2.75, 3.05) is 17.8 Å². The summed E-state index contributed by atoms with van der Waals surface area (Å²) in [5.74, 6) is -0.165. The molecular formula is C13H20FN3O2S. The summed E-state index contributed by atoms with van der Waals surface area (Å²) in [5, 5.41) is 0. The minimum atomic E-state index is -3.66. The Hall–Kier alpha value is -1.18. The molecule has 1 atom stereocenters. The number of piperidine rings is 1. The summed E-state index contributed by atoms with van der Waals surface area (Å²) in [7, 11) is -3.66. The van der Waals surface area contributed by atoms with E-state index in [-0.39, 0.29) is 17.8 Å². The first kappa shape index (κ1) is 15.2. The van der Waals surface area contributed by atoms with Crippen molar-refractivity contribution in [3.8, 4) is 0 Å². The lowest BCUT2D eigenvalue weighted by molar-refractivity contribution is 0.282. The van der Waals surface area contributed by atoms with E-state index in [9.17, 15) is 12.8 Å². The van der Waals surface area contributed by atoms with Crippen LogP contribution in [0, 0.1) is 11.7 Å². The molecular weight excluding hydrogens is 281 g/mol. The molecule has 7 heteroatoms. The van der Waals surface area contributed by atoms with Crippen LogP contribution >= 0.6 is 0 Å². The van der Waals surface area contributed by atoms with Gasteiger partial charge in [-0.2, -0.15) is 12.7 Å². The van der Waals surface area contributed by atoms with Gasteiger partial charge in [0.25, 0.3) is 0 Å². The van der Waals surface area contributed by atoms with Gasteiger partial charge >= 0.3 is 10.2 Å². The summed E-state index contributed by atoms with van der Waals surface area (Å²) in [6, 6.07) is 4.25. The van der Waals surface area contributed by atoms with Gasteiger partial charge in [0.2, 0.25) is 0 Å². The zero-order valence-electron chi connectivity index (χ0n) is 11.5. The number of halogens is 1. The van der Waals surface area contributed by atoms with Gasteiger partial charge < -0.3 is 5.73 Å². The first-order chi connectivity index (χ1) is 9.44. The van der Waals surface area contributed by atoms with E-state index >= 15 is 0 Å². The van der Waals surface area contributed by atoms with Gasteiger partial charge in [-0.25, -0.2) is 4.39 Å². The Balaban J connectivity index is 2.22. The van der Waals surface area contributed by atoms with Crippen molar-refractivity contribution in [1.82, 2.24) is 4.31 Å². The number of hydrogen-bond donors (Lipinski definition) is 2. The monoisotopic (exact) mass is 301 g/mol. The van der Waals surface area contributed by atoms with Gasteiger partial charge in [0.15, 0.2) is 0 Å². The third-order valence-corrected chi connectivity index (χ3v) is 5.01. The van der Waals surface area contributed by atoms with Gasteiger partial charge in [-0.05, 0) is 30.9 Å². The predicted octanol–water partition coefficient (Wildman–Crippen LogP) is 1.67. The highest BCUT2D eigenvalue weighted by Gasteiger charge is 2.27. The number of nitrogens with one attached hydrogen (secondary N) is 1. The lowest BCUT2D eigenvalue weighted by Crippen LogP contribution is -2.42. The molecule has 0 aliphatic carbocycles. The number of anilines is 1. The van der Waals surface area contributed by atoms with Crippen LogP contribution in [-0.2, 0) is 16.8 Å².